The first kappa shape index (κ1) is 16.4. The van der Waals surface area contributed by atoms with Gasteiger partial charge in [0, 0.05) is 12.6 Å². The summed E-state index contributed by atoms with van der Waals surface area (Å²) < 4.78 is 5.50. The Hall–Kier alpha value is -2.47. The molecule has 0 bridgehead atoms. The molecule has 0 radical (unpaired) electrons. The number of carboxylic acids is 1. The summed E-state index contributed by atoms with van der Waals surface area (Å²) >= 11 is 0. The molecule has 1 N–H and O–H groups in total. The second kappa shape index (κ2) is 7.40. The molecular weight excluding hydrogens is 306 g/mol. The van der Waals surface area contributed by atoms with Crippen molar-refractivity contribution in [1.82, 2.24) is 14.9 Å². The minimum absolute atomic E-state index is 0.0248. The van der Waals surface area contributed by atoms with Crippen molar-refractivity contribution in [3.05, 3.63) is 53.6 Å². The summed E-state index contributed by atoms with van der Waals surface area (Å²) in [6.45, 7) is 4.31. The van der Waals surface area contributed by atoms with Gasteiger partial charge in [-0.25, -0.2) is 9.78 Å². The smallest absolute Gasteiger partial charge is 0.356 e. The van der Waals surface area contributed by atoms with Crippen molar-refractivity contribution >= 4 is 5.97 Å². The predicted molar refractivity (Wildman–Crippen MR) is 89.0 cm³/mol. The average Bonchev–Trinajstić information content (AvgIpc) is 3.04. The van der Waals surface area contributed by atoms with Crippen LogP contribution in [0.25, 0.3) is 0 Å². The van der Waals surface area contributed by atoms with Gasteiger partial charge in [0.1, 0.15) is 5.75 Å². The zero-order chi connectivity index (χ0) is 16.9. The second-order valence-corrected chi connectivity index (χ2v) is 5.83. The molecule has 1 fully saturated rings. The molecule has 1 aromatic heterocycles. The van der Waals surface area contributed by atoms with Gasteiger partial charge in [-0.05, 0) is 44.0 Å². The Labute approximate surface area is 141 Å². The van der Waals surface area contributed by atoms with E-state index in [1.165, 1.54) is 11.8 Å². The molecule has 0 spiro atoms. The number of benzene rings is 1. The molecule has 6 nitrogen and oxygen atoms in total. The summed E-state index contributed by atoms with van der Waals surface area (Å²) in [5.41, 5.74) is 2.03. The molecule has 0 amide bonds. The van der Waals surface area contributed by atoms with E-state index in [1.54, 1.807) is 6.20 Å². The lowest BCUT2D eigenvalue weighted by molar-refractivity contribution is 0.0690. The van der Waals surface area contributed by atoms with Crippen LogP contribution < -0.4 is 4.74 Å². The molecule has 126 valence electrons. The van der Waals surface area contributed by atoms with Gasteiger partial charge in [0.05, 0.1) is 24.7 Å². The van der Waals surface area contributed by atoms with Crippen molar-refractivity contribution in [3.63, 3.8) is 0 Å². The molecule has 24 heavy (non-hydrogen) atoms. The monoisotopic (exact) mass is 327 g/mol. The van der Waals surface area contributed by atoms with Gasteiger partial charge in [0.15, 0.2) is 5.69 Å². The number of likely N-dealkylation sites (tertiary alicyclic amines) is 1. The van der Waals surface area contributed by atoms with E-state index >= 15 is 0 Å². The first-order valence-electron chi connectivity index (χ1n) is 8.18. The summed E-state index contributed by atoms with van der Waals surface area (Å²) in [4.78, 5) is 21.4. The van der Waals surface area contributed by atoms with Crippen molar-refractivity contribution in [2.24, 2.45) is 0 Å². The molecule has 2 aromatic rings. The predicted octanol–water partition coefficient (Wildman–Crippen LogP) is 2.91. The Kier molecular flexibility index (Phi) is 5.05. The number of ether oxygens (including phenoxy) is 1. The fourth-order valence-corrected chi connectivity index (χ4v) is 3.10. The molecule has 2 heterocycles. The lowest BCUT2D eigenvalue weighted by atomic mass is 10.0. The molecule has 1 saturated heterocycles. The molecule has 6 heteroatoms. The van der Waals surface area contributed by atoms with Crippen LogP contribution in [0.5, 0.6) is 5.75 Å². The minimum atomic E-state index is -1.05. The normalized spacial score (nSPS) is 17.8. The lowest BCUT2D eigenvalue weighted by Crippen LogP contribution is -2.23. The molecule has 1 unspecified atom stereocenters. The quantitative estimate of drug-likeness (QED) is 0.879. The fourth-order valence-electron chi connectivity index (χ4n) is 3.10. The van der Waals surface area contributed by atoms with Gasteiger partial charge in [-0.3, -0.25) is 9.88 Å². The highest BCUT2D eigenvalue weighted by Gasteiger charge is 2.26. The Morgan fingerprint density at radius 1 is 1.29 bits per heavy atom. The van der Waals surface area contributed by atoms with E-state index in [0.29, 0.717) is 19.2 Å². The minimum Gasteiger partial charge on any atom is -0.494 e. The molecular formula is C18H21N3O3. The van der Waals surface area contributed by atoms with Crippen molar-refractivity contribution in [1.29, 1.82) is 0 Å². The van der Waals surface area contributed by atoms with E-state index in [1.807, 2.05) is 19.1 Å². The summed E-state index contributed by atoms with van der Waals surface area (Å²) in [5, 5.41) is 8.89. The molecule has 3 rings (SSSR count). The van der Waals surface area contributed by atoms with Crippen molar-refractivity contribution < 1.29 is 14.6 Å². The summed E-state index contributed by atoms with van der Waals surface area (Å²) in [6, 6.07) is 8.61. The number of nitrogens with zero attached hydrogens (tertiary/aromatic N) is 3. The van der Waals surface area contributed by atoms with E-state index in [0.717, 1.165) is 30.8 Å². The number of aromatic carboxylic acids is 1. The van der Waals surface area contributed by atoms with Crippen molar-refractivity contribution in [2.45, 2.75) is 32.4 Å². The highest BCUT2D eigenvalue weighted by Crippen LogP contribution is 2.33. The largest absolute Gasteiger partial charge is 0.494 e. The second-order valence-electron chi connectivity index (χ2n) is 5.83. The van der Waals surface area contributed by atoms with Gasteiger partial charge in [0.25, 0.3) is 0 Å². The molecule has 0 aliphatic carbocycles. The zero-order valence-electron chi connectivity index (χ0n) is 13.7. The van der Waals surface area contributed by atoms with Crippen LogP contribution in [0, 0.1) is 0 Å². The average molecular weight is 327 g/mol. The topological polar surface area (TPSA) is 75.5 Å². The maximum Gasteiger partial charge on any atom is 0.356 e. The Balaban J connectivity index is 1.69. The Morgan fingerprint density at radius 2 is 2.08 bits per heavy atom. The first-order valence-corrected chi connectivity index (χ1v) is 8.18. The third-order valence-corrected chi connectivity index (χ3v) is 4.23. The van der Waals surface area contributed by atoms with Crippen LogP contribution >= 0.6 is 0 Å². The van der Waals surface area contributed by atoms with E-state index in [2.05, 4.69) is 27.0 Å². The van der Waals surface area contributed by atoms with Gasteiger partial charge < -0.3 is 9.84 Å². The van der Waals surface area contributed by atoms with Crippen molar-refractivity contribution in [2.75, 3.05) is 13.2 Å². The van der Waals surface area contributed by atoms with E-state index in [4.69, 9.17) is 9.84 Å². The SMILES string of the molecule is CCOc1ccc(C2CCCN2Cc2cnc(C(=O)O)cn2)cc1. The number of hydrogen-bond donors (Lipinski definition) is 1. The Bertz CT molecular complexity index is 686. The third kappa shape index (κ3) is 3.71. The lowest BCUT2D eigenvalue weighted by Gasteiger charge is -2.24. The van der Waals surface area contributed by atoms with E-state index in [-0.39, 0.29) is 5.69 Å². The van der Waals surface area contributed by atoms with Crippen LogP contribution in [0.2, 0.25) is 0 Å². The highest BCUT2D eigenvalue weighted by atomic mass is 16.5. The van der Waals surface area contributed by atoms with Gasteiger partial charge >= 0.3 is 5.97 Å². The summed E-state index contributed by atoms with van der Waals surface area (Å²) in [6.07, 6.45) is 5.11. The first-order chi connectivity index (χ1) is 11.7. The maximum absolute atomic E-state index is 10.8. The molecule has 0 saturated carbocycles. The number of aromatic nitrogens is 2. The number of hydrogen-bond acceptors (Lipinski definition) is 5. The summed E-state index contributed by atoms with van der Waals surface area (Å²) in [5.74, 6) is -0.164. The van der Waals surface area contributed by atoms with Crippen LogP contribution in [0.1, 0.15) is 47.6 Å². The highest BCUT2D eigenvalue weighted by molar-refractivity contribution is 5.84. The van der Waals surface area contributed by atoms with E-state index < -0.39 is 5.97 Å². The van der Waals surface area contributed by atoms with Crippen LogP contribution in [-0.2, 0) is 6.54 Å². The van der Waals surface area contributed by atoms with Crippen LogP contribution in [0.3, 0.4) is 0 Å². The van der Waals surface area contributed by atoms with Crippen LogP contribution in [-0.4, -0.2) is 39.1 Å². The maximum atomic E-state index is 10.8. The van der Waals surface area contributed by atoms with Gasteiger partial charge in [-0.1, -0.05) is 12.1 Å². The fraction of sp³-hybridized carbons (Fsp3) is 0.389. The Morgan fingerprint density at radius 3 is 2.71 bits per heavy atom. The number of carbonyl (C=O) groups is 1. The zero-order valence-corrected chi connectivity index (χ0v) is 13.7. The van der Waals surface area contributed by atoms with E-state index in [9.17, 15) is 4.79 Å². The molecule has 1 aromatic carbocycles. The summed E-state index contributed by atoms with van der Waals surface area (Å²) in [7, 11) is 0. The van der Waals surface area contributed by atoms with Crippen molar-refractivity contribution in [3.8, 4) is 5.75 Å². The molecule has 1 aliphatic heterocycles. The van der Waals surface area contributed by atoms with Gasteiger partial charge in [-0.15, -0.1) is 0 Å². The molecule has 1 atom stereocenters. The number of rotatable bonds is 6. The van der Waals surface area contributed by atoms with Gasteiger partial charge in [-0.2, -0.15) is 0 Å². The van der Waals surface area contributed by atoms with Crippen LogP contribution in [0.4, 0.5) is 0 Å². The van der Waals surface area contributed by atoms with Gasteiger partial charge in [0.2, 0.25) is 0 Å². The third-order valence-electron chi connectivity index (χ3n) is 4.23. The standard InChI is InChI=1S/C18H21N3O3/c1-2-24-15-7-5-13(6-8-15)17-4-3-9-21(17)12-14-10-20-16(11-19-14)18(22)23/h5-8,10-11,17H,2-4,9,12H2,1H3,(H,22,23). The molecule has 1 aliphatic rings. The number of carboxylic acid groups (broad SMARTS) is 1. The van der Waals surface area contributed by atoms with Crippen LogP contribution in [0.15, 0.2) is 36.7 Å².